The number of esters is 1. The van der Waals surface area contributed by atoms with E-state index in [2.05, 4.69) is 0 Å². The Morgan fingerprint density at radius 2 is 1.89 bits per heavy atom. The molecule has 0 bridgehead atoms. The molecule has 0 aliphatic carbocycles. The average Bonchev–Trinajstić information content (AvgIpc) is 3.08. The predicted molar refractivity (Wildman–Crippen MR) is 105 cm³/mol. The number of carbonyl (C=O) groups excluding carboxylic acids is 2. The van der Waals surface area contributed by atoms with Crippen LogP contribution < -0.4 is 0 Å². The van der Waals surface area contributed by atoms with Crippen molar-refractivity contribution in [3.63, 3.8) is 0 Å². The zero-order valence-electron chi connectivity index (χ0n) is 16.7. The molecule has 0 saturated carbocycles. The largest absolute Gasteiger partial charge is 0.465 e. The Labute approximate surface area is 163 Å². The minimum atomic E-state index is -0.545. The first-order valence-corrected chi connectivity index (χ1v) is 9.08. The zero-order valence-corrected chi connectivity index (χ0v) is 16.7. The topological polar surface area (TPSA) is 51.5 Å². The van der Waals surface area contributed by atoms with E-state index in [0.717, 1.165) is 17.0 Å². The van der Waals surface area contributed by atoms with E-state index in [-0.39, 0.29) is 17.3 Å². The summed E-state index contributed by atoms with van der Waals surface area (Å²) < 4.78 is 21.0. The second-order valence-corrected chi connectivity index (χ2v) is 6.67. The van der Waals surface area contributed by atoms with E-state index >= 15 is 0 Å². The number of aromatic nitrogens is 1. The first-order valence-electron chi connectivity index (χ1n) is 9.08. The van der Waals surface area contributed by atoms with Gasteiger partial charge in [-0.2, -0.15) is 0 Å². The maximum atomic E-state index is 14.3. The molecular weight excluding hydrogens is 359 g/mol. The van der Waals surface area contributed by atoms with E-state index < -0.39 is 5.97 Å². The molecule has 5 nitrogen and oxygen atoms in total. The molecule has 0 radical (unpaired) electrons. The van der Waals surface area contributed by atoms with Crippen molar-refractivity contribution < 1.29 is 18.7 Å². The van der Waals surface area contributed by atoms with Gasteiger partial charge in [0.25, 0.3) is 5.91 Å². The average molecular weight is 382 g/mol. The number of rotatable bonds is 4. The molecule has 1 aromatic heterocycles. The van der Waals surface area contributed by atoms with Crippen LogP contribution in [0.5, 0.6) is 0 Å². The van der Waals surface area contributed by atoms with Crippen molar-refractivity contribution in [2.75, 3.05) is 13.7 Å². The molecule has 0 spiro atoms. The fraction of sp³-hybridized carbons (Fsp3) is 0.273. The van der Waals surface area contributed by atoms with E-state index in [1.54, 1.807) is 40.7 Å². The number of para-hydroxylation sites is 1. The van der Waals surface area contributed by atoms with Gasteiger partial charge in [-0.25, -0.2) is 9.18 Å². The quantitative estimate of drug-likeness (QED) is 0.595. The fourth-order valence-electron chi connectivity index (χ4n) is 3.70. The smallest absolute Gasteiger partial charge is 0.340 e. The molecule has 1 aliphatic rings. The van der Waals surface area contributed by atoms with Crippen LogP contribution >= 0.6 is 0 Å². The van der Waals surface area contributed by atoms with Crippen LogP contribution in [0.25, 0.3) is 11.8 Å². The lowest BCUT2D eigenvalue weighted by Gasteiger charge is -2.14. The number of ether oxygens (including phenoxy) is 1. The minimum absolute atomic E-state index is 0.240. The number of aryl methyl sites for hydroxylation is 1. The Hall–Kier alpha value is -3.15. The highest BCUT2D eigenvalue weighted by Crippen LogP contribution is 2.33. The molecule has 2 heterocycles. The number of likely N-dealkylation sites (N-methyl/N-ethyl adjacent to an activating group) is 1. The Morgan fingerprint density at radius 1 is 1.21 bits per heavy atom. The number of methoxy groups -OCH3 is 1. The molecule has 0 N–H and O–H groups in total. The van der Waals surface area contributed by atoms with Crippen molar-refractivity contribution >= 4 is 18.0 Å². The van der Waals surface area contributed by atoms with Crippen LogP contribution in [0.1, 0.15) is 30.8 Å². The van der Waals surface area contributed by atoms with Gasteiger partial charge in [-0.15, -0.1) is 0 Å². The lowest BCUT2D eigenvalue weighted by atomic mass is 10.0. The number of amides is 1. The van der Waals surface area contributed by atoms with Crippen LogP contribution in [-0.2, 0) is 14.3 Å². The Balaban J connectivity index is 2.16. The maximum absolute atomic E-state index is 14.3. The van der Waals surface area contributed by atoms with E-state index in [1.165, 1.54) is 13.2 Å². The van der Waals surface area contributed by atoms with Gasteiger partial charge in [-0.1, -0.05) is 12.1 Å². The standard InChI is InChI=1S/C22H23FN2O3/c1-6-24-15(4)20(22(27)28-5)17(21(24)26)12-16-11-13(2)25(14(16)3)19-10-8-7-9-18(19)23/h7-12H,6H2,1-5H3. The third-order valence-electron chi connectivity index (χ3n) is 5.08. The number of hydrogen-bond acceptors (Lipinski definition) is 3. The first-order chi connectivity index (χ1) is 13.3. The van der Waals surface area contributed by atoms with Crippen molar-refractivity contribution in [3.05, 3.63) is 69.9 Å². The number of hydrogen-bond donors (Lipinski definition) is 0. The molecule has 1 aromatic carbocycles. The van der Waals surface area contributed by atoms with Crippen LogP contribution in [0, 0.1) is 19.7 Å². The van der Waals surface area contributed by atoms with Crippen molar-refractivity contribution in [1.82, 2.24) is 9.47 Å². The third-order valence-corrected chi connectivity index (χ3v) is 5.08. The molecule has 146 valence electrons. The van der Waals surface area contributed by atoms with E-state index in [9.17, 15) is 14.0 Å². The van der Waals surface area contributed by atoms with Gasteiger partial charge in [0.15, 0.2) is 0 Å². The van der Waals surface area contributed by atoms with Gasteiger partial charge in [0.2, 0.25) is 0 Å². The molecule has 0 fully saturated rings. The van der Waals surface area contributed by atoms with Crippen LogP contribution in [0.15, 0.2) is 47.2 Å². The highest BCUT2D eigenvalue weighted by molar-refractivity contribution is 6.16. The normalized spacial score (nSPS) is 15.7. The van der Waals surface area contributed by atoms with Gasteiger partial charge in [0.1, 0.15) is 5.82 Å². The molecule has 1 amide bonds. The predicted octanol–water partition coefficient (Wildman–Crippen LogP) is 3.93. The van der Waals surface area contributed by atoms with E-state index in [1.807, 2.05) is 26.8 Å². The van der Waals surface area contributed by atoms with Crippen LogP contribution in [0.4, 0.5) is 4.39 Å². The minimum Gasteiger partial charge on any atom is -0.465 e. The number of allylic oxidation sites excluding steroid dienone is 1. The molecule has 0 atom stereocenters. The van der Waals surface area contributed by atoms with Crippen LogP contribution in [0.2, 0.25) is 0 Å². The molecule has 28 heavy (non-hydrogen) atoms. The Kier molecular flexibility index (Phi) is 5.23. The Morgan fingerprint density at radius 3 is 2.50 bits per heavy atom. The van der Waals surface area contributed by atoms with Crippen molar-refractivity contribution in [2.24, 2.45) is 0 Å². The summed E-state index contributed by atoms with van der Waals surface area (Å²) >= 11 is 0. The molecule has 0 unspecified atom stereocenters. The molecule has 3 rings (SSSR count). The van der Waals surface area contributed by atoms with Gasteiger partial charge in [0.05, 0.1) is 23.9 Å². The highest BCUT2D eigenvalue weighted by Gasteiger charge is 2.36. The summed E-state index contributed by atoms with van der Waals surface area (Å²) in [6, 6.07) is 8.41. The maximum Gasteiger partial charge on any atom is 0.340 e. The fourth-order valence-corrected chi connectivity index (χ4v) is 3.70. The number of carbonyl (C=O) groups is 2. The highest BCUT2D eigenvalue weighted by atomic mass is 19.1. The van der Waals surface area contributed by atoms with Crippen LogP contribution in [-0.4, -0.2) is 35.0 Å². The van der Waals surface area contributed by atoms with Gasteiger partial charge < -0.3 is 14.2 Å². The summed E-state index contributed by atoms with van der Waals surface area (Å²) in [5.74, 6) is -1.12. The van der Waals surface area contributed by atoms with Gasteiger partial charge in [-0.05, 0) is 57.5 Å². The molecule has 0 saturated heterocycles. The summed E-state index contributed by atoms with van der Waals surface area (Å²) in [4.78, 5) is 26.7. The monoisotopic (exact) mass is 382 g/mol. The molecule has 2 aromatic rings. The second kappa shape index (κ2) is 7.46. The van der Waals surface area contributed by atoms with Gasteiger partial charge in [-0.3, -0.25) is 4.79 Å². The lowest BCUT2D eigenvalue weighted by molar-refractivity contribution is -0.136. The van der Waals surface area contributed by atoms with E-state index in [0.29, 0.717) is 23.5 Å². The third kappa shape index (κ3) is 3.05. The van der Waals surface area contributed by atoms with Crippen molar-refractivity contribution in [1.29, 1.82) is 0 Å². The van der Waals surface area contributed by atoms with E-state index in [4.69, 9.17) is 4.74 Å². The summed E-state index contributed by atoms with van der Waals surface area (Å²) in [7, 11) is 1.30. The zero-order chi connectivity index (χ0) is 20.6. The lowest BCUT2D eigenvalue weighted by Crippen LogP contribution is -2.24. The van der Waals surface area contributed by atoms with Crippen molar-refractivity contribution in [3.8, 4) is 5.69 Å². The number of benzene rings is 1. The number of nitrogens with zero attached hydrogens (tertiary/aromatic N) is 2. The second-order valence-electron chi connectivity index (χ2n) is 6.67. The molecule has 6 heteroatoms. The summed E-state index contributed by atoms with van der Waals surface area (Å²) in [6.07, 6.45) is 1.69. The molecule has 1 aliphatic heterocycles. The van der Waals surface area contributed by atoms with Crippen LogP contribution in [0.3, 0.4) is 0 Å². The first kappa shape index (κ1) is 19.6. The van der Waals surface area contributed by atoms with Gasteiger partial charge >= 0.3 is 5.97 Å². The van der Waals surface area contributed by atoms with Crippen molar-refractivity contribution in [2.45, 2.75) is 27.7 Å². The molecular formula is C22H23FN2O3. The number of halogens is 1. The Bertz CT molecular complexity index is 1030. The SMILES string of the molecule is CCN1C(=O)C(=Cc2cc(C)n(-c3ccccc3F)c2C)C(C(=O)OC)=C1C. The summed E-state index contributed by atoms with van der Waals surface area (Å²) in [5.41, 5.74) is 3.93. The van der Waals surface area contributed by atoms with Gasteiger partial charge in [0, 0.05) is 23.6 Å². The summed E-state index contributed by atoms with van der Waals surface area (Å²) in [5, 5.41) is 0. The summed E-state index contributed by atoms with van der Waals surface area (Å²) in [6.45, 7) is 7.77.